The van der Waals surface area contributed by atoms with Gasteiger partial charge in [-0.25, -0.2) is 4.79 Å². The molecule has 0 unspecified atom stereocenters. The Hall–Kier alpha value is -3.40. The zero-order valence-corrected chi connectivity index (χ0v) is 17.1. The van der Waals surface area contributed by atoms with Crippen LogP contribution in [0, 0.1) is 0 Å². The van der Waals surface area contributed by atoms with E-state index in [0.29, 0.717) is 18.4 Å². The second-order valence-electron chi connectivity index (χ2n) is 7.57. The number of aryl methyl sites for hydroxylation is 1. The SMILES string of the molecule is C=C(C)C(=O)OCCOC(=O)CCCc1ccc2ccc3cccc4ccc1c2c34. The van der Waals surface area contributed by atoms with Gasteiger partial charge in [-0.05, 0) is 57.6 Å². The van der Waals surface area contributed by atoms with Crippen molar-refractivity contribution in [1.82, 2.24) is 0 Å². The van der Waals surface area contributed by atoms with E-state index < -0.39 is 5.97 Å². The average Bonchev–Trinajstić information content (AvgIpc) is 2.75. The van der Waals surface area contributed by atoms with Gasteiger partial charge in [-0.3, -0.25) is 4.79 Å². The molecule has 0 aliphatic carbocycles. The van der Waals surface area contributed by atoms with Crippen LogP contribution in [0.25, 0.3) is 32.3 Å². The van der Waals surface area contributed by atoms with Crippen molar-refractivity contribution in [1.29, 1.82) is 0 Å². The fourth-order valence-corrected chi connectivity index (χ4v) is 3.92. The van der Waals surface area contributed by atoms with Gasteiger partial charge in [0.25, 0.3) is 0 Å². The van der Waals surface area contributed by atoms with Gasteiger partial charge < -0.3 is 9.47 Å². The first-order valence-electron chi connectivity index (χ1n) is 10.2. The van der Waals surface area contributed by atoms with Crippen molar-refractivity contribution in [3.05, 3.63) is 72.3 Å². The lowest BCUT2D eigenvalue weighted by Gasteiger charge is -2.14. The number of esters is 2. The lowest BCUT2D eigenvalue weighted by molar-refractivity contribution is -0.150. The maximum atomic E-state index is 12.0. The first-order chi connectivity index (χ1) is 14.5. The molecule has 0 saturated heterocycles. The Labute approximate surface area is 175 Å². The van der Waals surface area contributed by atoms with E-state index in [4.69, 9.17) is 9.47 Å². The van der Waals surface area contributed by atoms with Crippen molar-refractivity contribution in [2.45, 2.75) is 26.2 Å². The molecule has 4 aromatic rings. The molecule has 4 heteroatoms. The van der Waals surface area contributed by atoms with Gasteiger partial charge in [-0.15, -0.1) is 0 Å². The maximum absolute atomic E-state index is 12.0. The first kappa shape index (κ1) is 19.9. The summed E-state index contributed by atoms with van der Waals surface area (Å²) in [6, 6.07) is 19.4. The summed E-state index contributed by atoms with van der Waals surface area (Å²) in [5.41, 5.74) is 1.57. The van der Waals surface area contributed by atoms with Crippen LogP contribution >= 0.6 is 0 Å². The van der Waals surface area contributed by atoms with Gasteiger partial charge in [0.1, 0.15) is 13.2 Å². The van der Waals surface area contributed by atoms with E-state index in [9.17, 15) is 9.59 Å². The number of ether oxygens (including phenoxy) is 2. The molecule has 0 spiro atoms. The zero-order valence-electron chi connectivity index (χ0n) is 17.1. The predicted octanol–water partition coefficient (Wildman–Crippen LogP) is 5.57. The minimum atomic E-state index is -0.472. The van der Waals surface area contributed by atoms with Gasteiger partial charge in [0, 0.05) is 12.0 Å². The van der Waals surface area contributed by atoms with Crippen molar-refractivity contribution < 1.29 is 19.1 Å². The Bertz CT molecular complexity index is 1220. The van der Waals surface area contributed by atoms with E-state index in [1.54, 1.807) is 6.92 Å². The molecule has 0 aliphatic rings. The second-order valence-corrected chi connectivity index (χ2v) is 7.57. The highest BCUT2D eigenvalue weighted by Crippen LogP contribution is 2.36. The highest BCUT2D eigenvalue weighted by Gasteiger charge is 2.11. The van der Waals surface area contributed by atoms with Gasteiger partial charge in [-0.2, -0.15) is 0 Å². The lowest BCUT2D eigenvalue weighted by atomic mass is 9.90. The molecular weight excluding hydrogens is 376 g/mol. The third-order valence-corrected chi connectivity index (χ3v) is 5.37. The fraction of sp³-hybridized carbons (Fsp3) is 0.231. The normalized spacial score (nSPS) is 11.2. The first-order valence-corrected chi connectivity index (χ1v) is 10.2. The third-order valence-electron chi connectivity index (χ3n) is 5.37. The number of hydrogen-bond donors (Lipinski definition) is 0. The molecular formula is C26H24O4. The summed E-state index contributed by atoms with van der Waals surface area (Å²) in [5, 5.41) is 7.58. The molecule has 152 valence electrons. The van der Waals surface area contributed by atoms with Crippen molar-refractivity contribution in [3.63, 3.8) is 0 Å². The second kappa shape index (κ2) is 8.54. The van der Waals surface area contributed by atoms with Gasteiger partial charge in [0.15, 0.2) is 0 Å². The van der Waals surface area contributed by atoms with Gasteiger partial charge in [0.2, 0.25) is 0 Å². The molecule has 0 amide bonds. The molecule has 0 aliphatic heterocycles. The highest BCUT2D eigenvalue weighted by molar-refractivity contribution is 6.23. The number of hydrogen-bond acceptors (Lipinski definition) is 4. The molecule has 0 radical (unpaired) electrons. The number of carbonyl (C=O) groups is 2. The molecule has 0 bridgehead atoms. The largest absolute Gasteiger partial charge is 0.462 e. The summed E-state index contributed by atoms with van der Waals surface area (Å²) in [4.78, 5) is 23.3. The van der Waals surface area contributed by atoms with E-state index in [1.165, 1.54) is 37.9 Å². The quantitative estimate of drug-likeness (QED) is 0.168. The van der Waals surface area contributed by atoms with Crippen LogP contribution in [0.2, 0.25) is 0 Å². The van der Waals surface area contributed by atoms with E-state index in [1.807, 2.05) is 0 Å². The Morgan fingerprint density at radius 3 is 2.20 bits per heavy atom. The van der Waals surface area contributed by atoms with Crippen molar-refractivity contribution in [2.75, 3.05) is 13.2 Å². The predicted molar refractivity (Wildman–Crippen MR) is 120 cm³/mol. The van der Waals surface area contributed by atoms with Crippen molar-refractivity contribution >= 4 is 44.3 Å². The Kier molecular flexibility index (Phi) is 5.66. The minimum absolute atomic E-state index is 0.0481. The molecule has 30 heavy (non-hydrogen) atoms. The fourth-order valence-electron chi connectivity index (χ4n) is 3.92. The van der Waals surface area contributed by atoms with Crippen molar-refractivity contribution in [3.8, 4) is 0 Å². The van der Waals surface area contributed by atoms with Crippen LogP contribution in [-0.2, 0) is 25.5 Å². The molecule has 4 nitrogen and oxygen atoms in total. The van der Waals surface area contributed by atoms with E-state index in [2.05, 4.69) is 61.2 Å². The smallest absolute Gasteiger partial charge is 0.333 e. The maximum Gasteiger partial charge on any atom is 0.333 e. The third kappa shape index (κ3) is 3.99. The molecule has 0 N–H and O–H groups in total. The van der Waals surface area contributed by atoms with Crippen LogP contribution in [0.15, 0.2) is 66.7 Å². The van der Waals surface area contributed by atoms with Crippen LogP contribution in [0.3, 0.4) is 0 Å². The lowest BCUT2D eigenvalue weighted by Crippen LogP contribution is -2.14. The summed E-state index contributed by atoms with van der Waals surface area (Å²) in [6.07, 6.45) is 1.83. The molecule has 4 aromatic carbocycles. The van der Waals surface area contributed by atoms with Crippen molar-refractivity contribution in [2.24, 2.45) is 0 Å². The number of rotatable bonds is 8. The van der Waals surface area contributed by atoms with Gasteiger partial charge in [-0.1, -0.05) is 61.2 Å². The number of benzene rings is 4. The van der Waals surface area contributed by atoms with Crippen LogP contribution < -0.4 is 0 Å². The van der Waals surface area contributed by atoms with E-state index in [0.717, 1.165) is 6.42 Å². The molecule has 0 aromatic heterocycles. The van der Waals surface area contributed by atoms with Crippen LogP contribution in [0.5, 0.6) is 0 Å². The van der Waals surface area contributed by atoms with Gasteiger partial charge >= 0.3 is 11.9 Å². The van der Waals surface area contributed by atoms with Crippen LogP contribution in [-0.4, -0.2) is 25.2 Å². The monoisotopic (exact) mass is 400 g/mol. The molecule has 0 heterocycles. The van der Waals surface area contributed by atoms with Crippen LogP contribution in [0.4, 0.5) is 0 Å². The summed E-state index contributed by atoms with van der Waals surface area (Å²) >= 11 is 0. The minimum Gasteiger partial charge on any atom is -0.462 e. The standard InChI is InChI=1S/C26H24O4/c1-17(2)26(28)30-16-15-29-23(27)8-4-5-18-9-10-21-12-11-19-6-3-7-20-13-14-22(18)25(21)24(19)20/h3,6-7,9-14H,1,4-5,8,15-16H2,2H3. The van der Waals surface area contributed by atoms with E-state index >= 15 is 0 Å². The van der Waals surface area contributed by atoms with E-state index in [-0.39, 0.29) is 19.2 Å². The highest BCUT2D eigenvalue weighted by atomic mass is 16.6. The molecule has 4 rings (SSSR count). The average molecular weight is 400 g/mol. The summed E-state index contributed by atoms with van der Waals surface area (Å²) in [6.45, 7) is 5.20. The zero-order chi connectivity index (χ0) is 21.1. The van der Waals surface area contributed by atoms with Crippen LogP contribution in [0.1, 0.15) is 25.3 Å². The molecule has 0 atom stereocenters. The summed E-state index contributed by atoms with van der Waals surface area (Å²) < 4.78 is 10.1. The summed E-state index contributed by atoms with van der Waals surface area (Å²) in [5.74, 6) is -0.751. The Morgan fingerprint density at radius 2 is 1.47 bits per heavy atom. The molecule has 0 saturated carbocycles. The summed E-state index contributed by atoms with van der Waals surface area (Å²) in [7, 11) is 0. The van der Waals surface area contributed by atoms with Gasteiger partial charge in [0.05, 0.1) is 0 Å². The Morgan fingerprint density at radius 1 is 0.833 bits per heavy atom. The topological polar surface area (TPSA) is 52.6 Å². The Balaban J connectivity index is 1.39. The molecule has 0 fully saturated rings. The number of carbonyl (C=O) groups excluding carboxylic acids is 2.